The molecule has 8 nitrogen and oxygen atoms in total. The number of urea groups is 1. The molecule has 0 radical (unpaired) electrons. The quantitative estimate of drug-likeness (QED) is 0.862. The smallest absolute Gasteiger partial charge is 0.324 e. The number of hydrogen-bond acceptors (Lipinski definition) is 5. The number of hydrogen-bond donors (Lipinski definition) is 1. The summed E-state index contributed by atoms with van der Waals surface area (Å²) in [7, 11) is 0. The summed E-state index contributed by atoms with van der Waals surface area (Å²) in [6.45, 7) is 1.39. The van der Waals surface area contributed by atoms with Gasteiger partial charge in [0, 0.05) is 38.9 Å². The van der Waals surface area contributed by atoms with Crippen molar-refractivity contribution in [3.8, 4) is 11.8 Å². The highest BCUT2D eigenvalue weighted by molar-refractivity contribution is 5.98. The summed E-state index contributed by atoms with van der Waals surface area (Å²) in [5.74, 6) is 0.286. The van der Waals surface area contributed by atoms with E-state index in [4.69, 9.17) is 10.00 Å². The molecule has 2 heterocycles. The van der Waals surface area contributed by atoms with Crippen LogP contribution in [0.2, 0.25) is 0 Å². The largest absolute Gasteiger partial charge is 0.490 e. The second-order valence-electron chi connectivity index (χ2n) is 6.36. The molecule has 3 rings (SSSR count). The molecule has 2 fully saturated rings. The molecule has 1 aromatic carbocycles. The third kappa shape index (κ3) is 4.30. The topological polar surface area (TPSA) is 103 Å². The Morgan fingerprint density at radius 2 is 1.88 bits per heavy atom. The molecule has 0 saturated carbocycles. The second kappa shape index (κ2) is 7.87. The lowest BCUT2D eigenvalue weighted by atomic mass is 10.1. The van der Waals surface area contributed by atoms with E-state index in [9.17, 15) is 14.4 Å². The maximum atomic E-state index is 12.4. The summed E-state index contributed by atoms with van der Waals surface area (Å²) in [5, 5.41) is 11.0. The lowest BCUT2D eigenvalue weighted by Gasteiger charge is -2.34. The Balaban J connectivity index is 1.45. The zero-order chi connectivity index (χ0) is 18.5. The van der Waals surface area contributed by atoms with Gasteiger partial charge in [-0.05, 0) is 24.3 Å². The molecule has 0 bridgehead atoms. The van der Waals surface area contributed by atoms with Crippen molar-refractivity contribution in [2.24, 2.45) is 0 Å². The first-order valence-corrected chi connectivity index (χ1v) is 8.58. The van der Waals surface area contributed by atoms with Crippen molar-refractivity contribution >= 4 is 17.8 Å². The van der Waals surface area contributed by atoms with Gasteiger partial charge in [0.25, 0.3) is 0 Å². The Morgan fingerprint density at radius 1 is 1.19 bits per heavy atom. The van der Waals surface area contributed by atoms with E-state index in [1.165, 1.54) is 4.90 Å². The fourth-order valence-electron chi connectivity index (χ4n) is 3.04. The van der Waals surface area contributed by atoms with Crippen molar-refractivity contribution in [3.05, 3.63) is 29.8 Å². The highest BCUT2D eigenvalue weighted by Gasteiger charge is 2.29. The average molecular weight is 356 g/mol. The van der Waals surface area contributed by atoms with Crippen molar-refractivity contribution in [1.82, 2.24) is 15.1 Å². The van der Waals surface area contributed by atoms with Gasteiger partial charge in [-0.1, -0.05) is 0 Å². The Hall–Kier alpha value is -3.08. The van der Waals surface area contributed by atoms with Crippen LogP contribution in [0.4, 0.5) is 4.79 Å². The number of amides is 4. The van der Waals surface area contributed by atoms with Gasteiger partial charge in [-0.25, -0.2) is 4.79 Å². The highest BCUT2D eigenvalue weighted by Crippen LogP contribution is 2.20. The average Bonchev–Trinajstić information content (AvgIpc) is 2.65. The van der Waals surface area contributed by atoms with Gasteiger partial charge in [-0.15, -0.1) is 0 Å². The molecule has 2 aliphatic heterocycles. The van der Waals surface area contributed by atoms with Crippen LogP contribution in [0.5, 0.6) is 5.75 Å². The number of nitrogens with zero attached hydrogens (tertiary/aromatic N) is 3. The van der Waals surface area contributed by atoms with Crippen LogP contribution in [0.25, 0.3) is 0 Å². The Morgan fingerprint density at radius 3 is 2.50 bits per heavy atom. The molecular weight excluding hydrogens is 336 g/mol. The van der Waals surface area contributed by atoms with Crippen molar-refractivity contribution in [3.63, 3.8) is 0 Å². The summed E-state index contributed by atoms with van der Waals surface area (Å²) in [4.78, 5) is 38.3. The number of carbonyl (C=O) groups is 3. The number of benzene rings is 1. The van der Waals surface area contributed by atoms with Crippen molar-refractivity contribution < 1.29 is 19.1 Å². The maximum absolute atomic E-state index is 12.4. The van der Waals surface area contributed by atoms with Crippen LogP contribution in [0.15, 0.2) is 24.3 Å². The Kier molecular flexibility index (Phi) is 5.37. The zero-order valence-corrected chi connectivity index (χ0v) is 14.3. The molecule has 1 N–H and O–H groups in total. The number of rotatable bonds is 4. The standard InChI is InChI=1S/C18H20N4O4/c19-11-13-1-3-14(4-2-13)26-15-5-8-21(9-6-15)17(24)12-22-10-7-16(23)20-18(22)25/h1-4,15H,5-10,12H2,(H,20,23,25). The molecule has 26 heavy (non-hydrogen) atoms. The number of imide groups is 1. The van der Waals surface area contributed by atoms with Gasteiger partial charge < -0.3 is 14.5 Å². The number of nitrogens with one attached hydrogen (secondary N) is 1. The number of likely N-dealkylation sites (tertiary alicyclic amines) is 1. The third-order valence-electron chi connectivity index (χ3n) is 4.55. The van der Waals surface area contributed by atoms with Crippen LogP contribution in [0.1, 0.15) is 24.8 Å². The number of nitriles is 1. The molecule has 1 aromatic rings. The van der Waals surface area contributed by atoms with Crippen LogP contribution < -0.4 is 10.1 Å². The first-order chi connectivity index (χ1) is 12.5. The van der Waals surface area contributed by atoms with Crippen molar-refractivity contribution in [2.75, 3.05) is 26.2 Å². The number of piperidine rings is 1. The minimum absolute atomic E-state index is 0.0136. The van der Waals surface area contributed by atoms with Crippen LogP contribution in [0.3, 0.4) is 0 Å². The molecule has 8 heteroatoms. The molecule has 0 aromatic heterocycles. The Labute approximate surface area is 151 Å². The molecule has 0 aliphatic carbocycles. The fraction of sp³-hybridized carbons (Fsp3) is 0.444. The molecule has 2 aliphatic rings. The number of ether oxygens (including phenoxy) is 1. The first-order valence-electron chi connectivity index (χ1n) is 8.58. The maximum Gasteiger partial charge on any atom is 0.324 e. The van der Waals surface area contributed by atoms with Gasteiger partial charge in [0.2, 0.25) is 11.8 Å². The summed E-state index contributed by atoms with van der Waals surface area (Å²) in [5.41, 5.74) is 0.584. The lowest BCUT2D eigenvalue weighted by Crippen LogP contribution is -2.53. The van der Waals surface area contributed by atoms with Crippen LogP contribution in [0, 0.1) is 11.3 Å². The van der Waals surface area contributed by atoms with E-state index in [0.717, 1.165) is 0 Å². The molecule has 2 saturated heterocycles. The van der Waals surface area contributed by atoms with Gasteiger partial charge >= 0.3 is 6.03 Å². The number of carbonyl (C=O) groups excluding carboxylic acids is 3. The first kappa shape index (κ1) is 17.7. The molecule has 0 spiro atoms. The van der Waals surface area contributed by atoms with Crippen LogP contribution in [-0.4, -0.2) is 59.9 Å². The normalized spacial score (nSPS) is 18.3. The van der Waals surface area contributed by atoms with E-state index in [1.807, 2.05) is 0 Å². The molecule has 136 valence electrons. The molecular formula is C18H20N4O4. The lowest BCUT2D eigenvalue weighted by molar-refractivity contribution is -0.134. The highest BCUT2D eigenvalue weighted by atomic mass is 16.5. The summed E-state index contributed by atoms with van der Waals surface area (Å²) in [6.07, 6.45) is 1.65. The molecule has 0 atom stereocenters. The van der Waals surface area contributed by atoms with Crippen molar-refractivity contribution in [1.29, 1.82) is 5.26 Å². The van der Waals surface area contributed by atoms with Gasteiger partial charge in [0.15, 0.2) is 0 Å². The van der Waals surface area contributed by atoms with E-state index < -0.39 is 6.03 Å². The van der Waals surface area contributed by atoms with Crippen molar-refractivity contribution in [2.45, 2.75) is 25.4 Å². The SMILES string of the molecule is N#Cc1ccc(OC2CCN(C(=O)CN3CCC(=O)NC3=O)CC2)cc1. The van der Waals surface area contributed by atoms with Crippen LogP contribution >= 0.6 is 0 Å². The third-order valence-corrected chi connectivity index (χ3v) is 4.55. The predicted molar refractivity (Wildman–Crippen MR) is 91.1 cm³/mol. The van der Waals surface area contributed by atoms with E-state index in [-0.39, 0.29) is 37.4 Å². The van der Waals surface area contributed by atoms with Gasteiger partial charge in [-0.3, -0.25) is 14.9 Å². The molecule has 0 unspecified atom stereocenters. The zero-order valence-electron chi connectivity index (χ0n) is 14.3. The molecule has 4 amide bonds. The van der Waals surface area contributed by atoms with Crippen LogP contribution in [-0.2, 0) is 9.59 Å². The fourth-order valence-corrected chi connectivity index (χ4v) is 3.04. The van der Waals surface area contributed by atoms with Gasteiger partial charge in [-0.2, -0.15) is 5.26 Å². The second-order valence-corrected chi connectivity index (χ2v) is 6.36. The van der Waals surface area contributed by atoms with E-state index in [0.29, 0.717) is 37.2 Å². The van der Waals surface area contributed by atoms with Gasteiger partial charge in [0.05, 0.1) is 11.6 Å². The minimum Gasteiger partial charge on any atom is -0.490 e. The monoisotopic (exact) mass is 356 g/mol. The van der Waals surface area contributed by atoms with Gasteiger partial charge in [0.1, 0.15) is 18.4 Å². The summed E-state index contributed by atoms with van der Waals surface area (Å²) >= 11 is 0. The van der Waals surface area contributed by atoms with E-state index in [2.05, 4.69) is 11.4 Å². The predicted octanol–water partition coefficient (Wildman–Crippen LogP) is 0.870. The summed E-state index contributed by atoms with van der Waals surface area (Å²) < 4.78 is 5.90. The van der Waals surface area contributed by atoms with E-state index >= 15 is 0 Å². The Bertz CT molecular complexity index is 733. The summed E-state index contributed by atoms with van der Waals surface area (Å²) in [6, 6.07) is 8.52. The minimum atomic E-state index is -0.506. The van der Waals surface area contributed by atoms with E-state index in [1.54, 1.807) is 29.2 Å².